The lowest BCUT2D eigenvalue weighted by Gasteiger charge is -2.37. The quantitative estimate of drug-likeness (QED) is 0.721. The number of rotatable bonds is 6. The van der Waals surface area contributed by atoms with E-state index >= 15 is 0 Å². The van der Waals surface area contributed by atoms with Gasteiger partial charge in [-0.2, -0.15) is 4.31 Å². The van der Waals surface area contributed by atoms with Crippen molar-refractivity contribution in [3.05, 3.63) is 0 Å². The van der Waals surface area contributed by atoms with Crippen LogP contribution in [0.4, 0.5) is 0 Å². The molecule has 0 radical (unpaired) electrons. The van der Waals surface area contributed by atoms with E-state index in [1.165, 1.54) is 0 Å². The van der Waals surface area contributed by atoms with Gasteiger partial charge in [-0.05, 0) is 25.2 Å². The van der Waals surface area contributed by atoms with Crippen LogP contribution in [0, 0.1) is 5.92 Å². The molecular formula is C10H20N2O2S. The summed E-state index contributed by atoms with van der Waals surface area (Å²) in [5.74, 6) is 0.825. The van der Waals surface area contributed by atoms with Crippen molar-refractivity contribution in [2.75, 3.05) is 25.4 Å². The Morgan fingerprint density at radius 3 is 2.40 bits per heavy atom. The third-order valence-corrected chi connectivity index (χ3v) is 5.20. The third kappa shape index (κ3) is 2.71. The summed E-state index contributed by atoms with van der Waals surface area (Å²) in [4.78, 5) is 0. The van der Waals surface area contributed by atoms with Crippen LogP contribution in [-0.2, 0) is 10.0 Å². The zero-order chi connectivity index (χ0) is 10.9. The molecule has 0 amide bonds. The monoisotopic (exact) mass is 232 g/mol. The molecule has 15 heavy (non-hydrogen) atoms. The molecule has 0 unspecified atom stereocenters. The van der Waals surface area contributed by atoms with E-state index in [2.05, 4.69) is 5.32 Å². The molecule has 1 N–H and O–H groups in total. The third-order valence-electron chi connectivity index (χ3n) is 3.11. The van der Waals surface area contributed by atoms with Crippen LogP contribution in [0.25, 0.3) is 0 Å². The Kier molecular flexibility index (Phi) is 3.33. The van der Waals surface area contributed by atoms with Crippen molar-refractivity contribution in [1.82, 2.24) is 9.62 Å². The van der Waals surface area contributed by atoms with E-state index < -0.39 is 10.0 Å². The number of nitrogens with zero attached hydrogens (tertiary/aromatic N) is 1. The summed E-state index contributed by atoms with van der Waals surface area (Å²) in [7, 11) is -2.99. The molecule has 88 valence electrons. The Hall–Kier alpha value is -0.130. The lowest BCUT2D eigenvalue weighted by Crippen LogP contribution is -2.59. The molecule has 2 rings (SSSR count). The first-order chi connectivity index (χ1) is 7.13. The molecular weight excluding hydrogens is 212 g/mol. The summed E-state index contributed by atoms with van der Waals surface area (Å²) in [6.07, 6.45) is 3.10. The second-order valence-corrected chi connectivity index (χ2v) is 6.61. The van der Waals surface area contributed by atoms with Crippen molar-refractivity contribution in [3.63, 3.8) is 0 Å². The highest BCUT2D eigenvalue weighted by atomic mass is 32.2. The van der Waals surface area contributed by atoms with Crippen LogP contribution in [0.3, 0.4) is 0 Å². The van der Waals surface area contributed by atoms with Crippen molar-refractivity contribution >= 4 is 10.0 Å². The highest BCUT2D eigenvalue weighted by Gasteiger charge is 2.36. The molecule has 5 heteroatoms. The van der Waals surface area contributed by atoms with Crippen LogP contribution in [0.15, 0.2) is 0 Å². The van der Waals surface area contributed by atoms with Crippen molar-refractivity contribution in [1.29, 1.82) is 0 Å². The first-order valence-electron chi connectivity index (χ1n) is 5.83. The van der Waals surface area contributed by atoms with Gasteiger partial charge in [-0.15, -0.1) is 0 Å². The van der Waals surface area contributed by atoms with Crippen molar-refractivity contribution in [2.24, 2.45) is 5.92 Å². The van der Waals surface area contributed by atoms with Gasteiger partial charge in [0.1, 0.15) is 0 Å². The maximum Gasteiger partial charge on any atom is 0.214 e. The smallest absolute Gasteiger partial charge is 0.214 e. The maximum atomic E-state index is 12.1. The van der Waals surface area contributed by atoms with Gasteiger partial charge >= 0.3 is 0 Å². The highest BCUT2D eigenvalue weighted by Crippen LogP contribution is 2.31. The molecule has 0 aromatic carbocycles. The predicted octanol–water partition coefficient (Wildman–Crippen LogP) is 0.410. The number of nitrogens with one attached hydrogen (secondary N) is 1. The molecule has 1 heterocycles. The first-order valence-corrected chi connectivity index (χ1v) is 7.44. The van der Waals surface area contributed by atoms with Crippen LogP contribution in [0.2, 0.25) is 0 Å². The Balaban J connectivity index is 2.00. The number of sulfonamides is 1. The normalized spacial score (nSPS) is 23.1. The van der Waals surface area contributed by atoms with E-state index in [4.69, 9.17) is 0 Å². The van der Waals surface area contributed by atoms with Crippen LogP contribution in [0.1, 0.15) is 26.2 Å². The zero-order valence-electron chi connectivity index (χ0n) is 9.28. The van der Waals surface area contributed by atoms with Crippen molar-refractivity contribution in [2.45, 2.75) is 32.2 Å². The Morgan fingerprint density at radius 2 is 2.00 bits per heavy atom. The molecule has 2 aliphatic rings. The molecule has 4 nitrogen and oxygen atoms in total. The Bertz CT molecular complexity index is 307. The van der Waals surface area contributed by atoms with Crippen molar-refractivity contribution < 1.29 is 8.42 Å². The fourth-order valence-corrected chi connectivity index (χ4v) is 4.11. The van der Waals surface area contributed by atoms with Gasteiger partial charge in [0.15, 0.2) is 0 Å². The predicted molar refractivity (Wildman–Crippen MR) is 60.2 cm³/mol. The van der Waals surface area contributed by atoms with Crippen LogP contribution < -0.4 is 5.32 Å². The van der Waals surface area contributed by atoms with E-state index in [9.17, 15) is 8.42 Å². The number of hydrogen-bond acceptors (Lipinski definition) is 3. The Morgan fingerprint density at radius 1 is 1.33 bits per heavy atom. The lowest BCUT2D eigenvalue weighted by molar-refractivity contribution is 0.241. The first kappa shape index (κ1) is 11.4. The van der Waals surface area contributed by atoms with E-state index in [1.807, 2.05) is 6.92 Å². The second kappa shape index (κ2) is 4.39. The summed E-state index contributed by atoms with van der Waals surface area (Å²) < 4.78 is 25.9. The average molecular weight is 232 g/mol. The molecule has 0 atom stereocenters. The maximum absolute atomic E-state index is 12.1. The highest BCUT2D eigenvalue weighted by molar-refractivity contribution is 7.89. The minimum Gasteiger partial charge on any atom is -0.313 e. The van der Waals surface area contributed by atoms with Crippen LogP contribution in [-0.4, -0.2) is 44.2 Å². The molecule has 2 fully saturated rings. The van der Waals surface area contributed by atoms with Gasteiger partial charge in [0.05, 0.1) is 5.75 Å². The Labute approximate surface area is 92.1 Å². The average Bonchev–Trinajstić information content (AvgIpc) is 2.83. The summed E-state index contributed by atoms with van der Waals surface area (Å²) >= 11 is 0. The number of hydrogen-bond donors (Lipinski definition) is 1. The van der Waals surface area contributed by atoms with Gasteiger partial charge in [-0.3, -0.25) is 0 Å². The molecule has 1 saturated heterocycles. The van der Waals surface area contributed by atoms with Gasteiger partial charge < -0.3 is 5.32 Å². The van der Waals surface area contributed by atoms with E-state index in [0.29, 0.717) is 18.2 Å². The molecule has 0 spiro atoms. The van der Waals surface area contributed by atoms with Crippen LogP contribution >= 0.6 is 0 Å². The largest absolute Gasteiger partial charge is 0.313 e. The molecule has 1 saturated carbocycles. The standard InChI is InChI=1S/C10H20N2O2S/c1-2-5-12(10-6-11-7-10)15(13,14)8-9-3-4-9/h9-11H,2-8H2,1H3. The van der Waals surface area contributed by atoms with Crippen LogP contribution in [0.5, 0.6) is 0 Å². The summed E-state index contributed by atoms with van der Waals surface area (Å²) in [6, 6.07) is 0.216. The summed E-state index contributed by atoms with van der Waals surface area (Å²) in [6.45, 7) is 4.36. The molecule has 0 bridgehead atoms. The minimum atomic E-state index is -2.99. The summed E-state index contributed by atoms with van der Waals surface area (Å²) in [5.41, 5.74) is 0. The fourth-order valence-electron chi connectivity index (χ4n) is 1.92. The van der Waals surface area contributed by atoms with Gasteiger partial charge in [0.25, 0.3) is 0 Å². The van der Waals surface area contributed by atoms with E-state index in [-0.39, 0.29) is 6.04 Å². The van der Waals surface area contributed by atoms with Crippen molar-refractivity contribution in [3.8, 4) is 0 Å². The van der Waals surface area contributed by atoms with Gasteiger partial charge in [-0.1, -0.05) is 6.92 Å². The van der Waals surface area contributed by atoms with E-state index in [0.717, 1.165) is 32.4 Å². The topological polar surface area (TPSA) is 49.4 Å². The fraction of sp³-hybridized carbons (Fsp3) is 1.00. The molecule has 0 aromatic heterocycles. The lowest BCUT2D eigenvalue weighted by atomic mass is 10.2. The summed E-state index contributed by atoms with van der Waals surface area (Å²) in [5, 5.41) is 3.14. The van der Waals surface area contributed by atoms with Gasteiger partial charge in [0.2, 0.25) is 10.0 Å². The van der Waals surface area contributed by atoms with Gasteiger partial charge in [-0.25, -0.2) is 8.42 Å². The SMILES string of the molecule is CCCN(C1CNC1)S(=O)(=O)CC1CC1. The molecule has 1 aliphatic carbocycles. The molecule has 1 aliphatic heterocycles. The zero-order valence-corrected chi connectivity index (χ0v) is 10.1. The van der Waals surface area contributed by atoms with Gasteiger partial charge in [0, 0.05) is 25.7 Å². The second-order valence-electron chi connectivity index (χ2n) is 4.64. The van der Waals surface area contributed by atoms with E-state index in [1.54, 1.807) is 4.31 Å². The molecule has 0 aromatic rings. The minimum absolute atomic E-state index is 0.216.